The van der Waals surface area contributed by atoms with Crippen LogP contribution in [-0.4, -0.2) is 49.0 Å². The van der Waals surface area contributed by atoms with Crippen LogP contribution in [0, 0.1) is 18.6 Å². The molecule has 0 saturated carbocycles. The number of halogens is 2. The third kappa shape index (κ3) is 6.40. The molecule has 45 heavy (non-hydrogen) atoms. The predicted molar refractivity (Wildman–Crippen MR) is 165 cm³/mol. The Balaban J connectivity index is 1.26. The molecule has 230 valence electrons. The van der Waals surface area contributed by atoms with Crippen molar-refractivity contribution in [2.45, 2.75) is 52.3 Å². The van der Waals surface area contributed by atoms with E-state index in [0.717, 1.165) is 18.4 Å². The second-order valence-corrected chi connectivity index (χ2v) is 11.4. The second-order valence-electron chi connectivity index (χ2n) is 11.4. The fraction of sp³-hybridized carbons (Fsp3) is 0.257. The Morgan fingerprint density at radius 3 is 2.53 bits per heavy atom. The summed E-state index contributed by atoms with van der Waals surface area (Å²) in [5, 5.41) is 9.59. The van der Waals surface area contributed by atoms with E-state index < -0.39 is 11.8 Å². The van der Waals surface area contributed by atoms with Crippen LogP contribution in [0.15, 0.2) is 72.8 Å². The topological polar surface area (TPSA) is 97.5 Å². The number of hydrogen-bond donors (Lipinski definition) is 1. The molecule has 2 aromatic heterocycles. The number of fused-ring (bicyclic) bond motifs is 1. The van der Waals surface area contributed by atoms with Gasteiger partial charge in [0.15, 0.2) is 0 Å². The van der Waals surface area contributed by atoms with Crippen molar-refractivity contribution in [3.8, 4) is 17.1 Å². The summed E-state index contributed by atoms with van der Waals surface area (Å²) >= 11 is 0. The highest BCUT2D eigenvalue weighted by Crippen LogP contribution is 2.28. The molecule has 0 spiro atoms. The fourth-order valence-corrected chi connectivity index (χ4v) is 5.89. The van der Waals surface area contributed by atoms with Crippen LogP contribution in [-0.2, 0) is 24.4 Å². The van der Waals surface area contributed by atoms with E-state index >= 15 is 4.39 Å². The summed E-state index contributed by atoms with van der Waals surface area (Å²) in [5.74, 6) is -0.993. The number of aromatic nitrogens is 3. The zero-order valence-electron chi connectivity index (χ0n) is 25.0. The molecule has 0 unspecified atom stereocenters. The van der Waals surface area contributed by atoms with Gasteiger partial charge >= 0.3 is 5.97 Å². The van der Waals surface area contributed by atoms with Gasteiger partial charge in [-0.2, -0.15) is 0 Å². The van der Waals surface area contributed by atoms with Gasteiger partial charge in [-0.15, -0.1) is 0 Å². The number of aryl methyl sites for hydroxylation is 1. The van der Waals surface area contributed by atoms with Gasteiger partial charge in [-0.25, -0.2) is 23.5 Å². The van der Waals surface area contributed by atoms with Gasteiger partial charge in [-0.05, 0) is 67.3 Å². The maximum absolute atomic E-state index is 15.6. The number of rotatable bonds is 9. The molecule has 6 rings (SSSR count). The predicted octanol–water partition coefficient (Wildman–Crippen LogP) is 6.56. The van der Waals surface area contributed by atoms with Crippen molar-refractivity contribution in [2.75, 3.05) is 6.54 Å². The second kappa shape index (κ2) is 12.5. The van der Waals surface area contributed by atoms with Gasteiger partial charge < -0.3 is 19.3 Å². The molecule has 1 atom stereocenters. The molecule has 1 saturated heterocycles. The van der Waals surface area contributed by atoms with Gasteiger partial charge in [0.2, 0.25) is 11.8 Å². The summed E-state index contributed by atoms with van der Waals surface area (Å²) in [7, 11) is 0. The number of imidazole rings is 1. The number of pyridine rings is 1. The van der Waals surface area contributed by atoms with Crippen molar-refractivity contribution < 1.29 is 28.2 Å². The van der Waals surface area contributed by atoms with Gasteiger partial charge in [0.25, 0.3) is 0 Å². The van der Waals surface area contributed by atoms with E-state index in [9.17, 15) is 19.1 Å². The lowest BCUT2D eigenvalue weighted by Gasteiger charge is -2.25. The highest BCUT2D eigenvalue weighted by molar-refractivity contribution is 5.92. The molecule has 1 amide bonds. The minimum Gasteiger partial charge on any atom is -0.478 e. The summed E-state index contributed by atoms with van der Waals surface area (Å²) in [6.45, 7) is 4.47. The van der Waals surface area contributed by atoms with E-state index in [-0.39, 0.29) is 42.2 Å². The fourth-order valence-electron chi connectivity index (χ4n) is 5.89. The highest BCUT2D eigenvalue weighted by atomic mass is 19.1. The number of benzene rings is 3. The summed E-state index contributed by atoms with van der Waals surface area (Å²) in [6, 6.07) is 19.6. The number of hydrogen-bond acceptors (Lipinski definition) is 5. The van der Waals surface area contributed by atoms with Gasteiger partial charge in [0, 0.05) is 49.7 Å². The first kappa shape index (κ1) is 29.9. The van der Waals surface area contributed by atoms with Crippen LogP contribution in [0.25, 0.3) is 22.3 Å². The van der Waals surface area contributed by atoms with Crippen molar-refractivity contribution in [1.29, 1.82) is 0 Å². The molecule has 3 aromatic carbocycles. The van der Waals surface area contributed by atoms with E-state index in [1.165, 1.54) is 18.2 Å². The summed E-state index contributed by atoms with van der Waals surface area (Å²) in [5.41, 5.74) is 4.05. The summed E-state index contributed by atoms with van der Waals surface area (Å²) in [4.78, 5) is 35.1. The molecular weight excluding hydrogens is 578 g/mol. The molecule has 5 aromatic rings. The maximum atomic E-state index is 15.6. The first-order valence-electron chi connectivity index (χ1n) is 14.8. The first-order valence-corrected chi connectivity index (χ1v) is 14.8. The number of aromatic carboxylic acids is 1. The number of carbonyl (C=O) groups excluding carboxylic acids is 1. The molecule has 1 fully saturated rings. The van der Waals surface area contributed by atoms with Gasteiger partial charge in [-0.3, -0.25) is 4.79 Å². The zero-order valence-corrected chi connectivity index (χ0v) is 25.0. The van der Waals surface area contributed by atoms with E-state index in [2.05, 4.69) is 4.98 Å². The molecule has 3 heterocycles. The zero-order chi connectivity index (χ0) is 31.7. The normalized spacial score (nSPS) is 14.7. The van der Waals surface area contributed by atoms with E-state index in [0.29, 0.717) is 52.3 Å². The quantitative estimate of drug-likeness (QED) is 0.203. The van der Waals surface area contributed by atoms with Crippen LogP contribution in [0.2, 0.25) is 0 Å². The number of likely N-dealkylation sites (tertiary alicyclic amines) is 1. The smallest absolute Gasteiger partial charge is 0.335 e. The van der Waals surface area contributed by atoms with Gasteiger partial charge in [-0.1, -0.05) is 30.3 Å². The minimum atomic E-state index is -1.05. The first-order chi connectivity index (χ1) is 21.7. The lowest BCUT2D eigenvalue weighted by atomic mass is 10.1. The average Bonchev–Trinajstić information content (AvgIpc) is 3.62. The third-order valence-corrected chi connectivity index (χ3v) is 8.25. The number of carboxylic acid groups (broad SMARTS) is 1. The molecule has 1 N–H and O–H groups in total. The van der Waals surface area contributed by atoms with Crippen molar-refractivity contribution in [3.63, 3.8) is 0 Å². The summed E-state index contributed by atoms with van der Waals surface area (Å²) < 4.78 is 37.5. The molecule has 0 bridgehead atoms. The number of carbonyl (C=O) groups is 2. The number of ether oxygens (including phenoxy) is 1. The van der Waals surface area contributed by atoms with E-state index in [1.807, 2.05) is 22.5 Å². The van der Waals surface area contributed by atoms with E-state index in [1.54, 1.807) is 55.5 Å². The standard InChI is InChI=1S/C35H32F2N4O4/c1-21-8-9-26(28(36)15-21)20-45-34-7-3-6-30(39-34)24-11-10-23(29(37)16-24)18-33-38-31-13-12-25(35(43)44)17-32(31)41(33)19-27-5-4-14-40(27)22(2)42/h3,6-13,15-17,27H,4-5,14,18-20H2,1-2H3,(H,43,44)/t27-/m0/s1. The molecule has 1 aliphatic heterocycles. The van der Waals surface area contributed by atoms with Gasteiger partial charge in [0.1, 0.15) is 24.1 Å². The summed E-state index contributed by atoms with van der Waals surface area (Å²) in [6.07, 6.45) is 1.86. The van der Waals surface area contributed by atoms with Crippen molar-refractivity contribution in [1.82, 2.24) is 19.4 Å². The monoisotopic (exact) mass is 610 g/mol. The third-order valence-electron chi connectivity index (χ3n) is 8.25. The van der Waals surface area contributed by atoms with Crippen molar-refractivity contribution >= 4 is 22.9 Å². The lowest BCUT2D eigenvalue weighted by Crippen LogP contribution is -2.36. The Hall–Kier alpha value is -5.12. The molecule has 0 aliphatic carbocycles. The number of carboxylic acids is 1. The highest BCUT2D eigenvalue weighted by Gasteiger charge is 2.28. The van der Waals surface area contributed by atoms with Gasteiger partial charge in [0.05, 0.1) is 22.3 Å². The lowest BCUT2D eigenvalue weighted by molar-refractivity contribution is -0.129. The van der Waals surface area contributed by atoms with Crippen molar-refractivity contribution in [3.05, 3.63) is 113 Å². The van der Waals surface area contributed by atoms with Crippen LogP contribution in [0.1, 0.15) is 52.6 Å². The van der Waals surface area contributed by atoms with Crippen LogP contribution in [0.3, 0.4) is 0 Å². The van der Waals surface area contributed by atoms with Crippen LogP contribution in [0.4, 0.5) is 8.78 Å². The van der Waals surface area contributed by atoms with E-state index in [4.69, 9.17) is 9.72 Å². The largest absolute Gasteiger partial charge is 0.478 e. The van der Waals surface area contributed by atoms with Crippen LogP contribution < -0.4 is 4.74 Å². The molecular formula is C35H32F2N4O4. The van der Waals surface area contributed by atoms with Crippen LogP contribution >= 0.6 is 0 Å². The Kier molecular flexibility index (Phi) is 8.30. The Bertz CT molecular complexity index is 1920. The molecule has 8 nitrogen and oxygen atoms in total. The number of nitrogens with zero attached hydrogens (tertiary/aromatic N) is 4. The van der Waals surface area contributed by atoms with Crippen molar-refractivity contribution in [2.24, 2.45) is 0 Å². The maximum Gasteiger partial charge on any atom is 0.335 e. The van der Waals surface area contributed by atoms with Crippen LogP contribution in [0.5, 0.6) is 5.88 Å². The Morgan fingerprint density at radius 1 is 0.978 bits per heavy atom. The SMILES string of the molecule is CC(=O)N1CCC[C@H]1Cn1c(Cc2ccc(-c3cccc(OCc4ccc(C)cc4F)n3)cc2F)nc2ccc(C(=O)O)cc21. The molecule has 0 radical (unpaired) electrons. The molecule has 10 heteroatoms. The average molecular weight is 611 g/mol. The minimum absolute atomic E-state index is 0.00978. The Labute approximate surface area is 258 Å². The molecule has 1 aliphatic rings. The Morgan fingerprint density at radius 2 is 1.78 bits per heavy atom. The number of amides is 1.